The summed E-state index contributed by atoms with van der Waals surface area (Å²) in [5.41, 5.74) is -6.89. The molecule has 2 rings (SSSR count). The van der Waals surface area contributed by atoms with E-state index in [0.29, 0.717) is 0 Å². The molecule has 0 amide bonds. The van der Waals surface area contributed by atoms with E-state index < -0.39 is 60.6 Å². The van der Waals surface area contributed by atoms with Crippen molar-refractivity contribution in [2.24, 2.45) is 5.41 Å². The zero-order chi connectivity index (χ0) is 18.6. The van der Waals surface area contributed by atoms with Crippen molar-refractivity contribution in [3.05, 3.63) is 45.3 Å². The zero-order valence-electron chi connectivity index (χ0n) is 12.7. The lowest BCUT2D eigenvalue weighted by atomic mass is 9.88. The molecule has 0 fully saturated rings. The molecule has 0 N–H and O–H groups in total. The minimum Gasteiger partial charge on any atom is -0.805 e. The number of hydrogen-bond donors (Lipinski definition) is 0. The van der Waals surface area contributed by atoms with Gasteiger partial charge in [-0.05, 0) is 0 Å². The standard InChI is InChI=1S/C14H11F5N2O3/c1-13(2,3)12(22)10-11(14(17,18)19)21(24)9-5-7(16)6(15)4-8(9)20(10)23/h4-5H,1-3H3. The van der Waals surface area contributed by atoms with Crippen LogP contribution in [-0.2, 0) is 6.18 Å². The van der Waals surface area contributed by atoms with Crippen LogP contribution in [0.5, 0.6) is 0 Å². The highest BCUT2D eigenvalue weighted by molar-refractivity contribution is 5.98. The average molecular weight is 350 g/mol. The van der Waals surface area contributed by atoms with Crippen molar-refractivity contribution in [2.45, 2.75) is 26.9 Å². The molecular weight excluding hydrogens is 339 g/mol. The van der Waals surface area contributed by atoms with E-state index in [4.69, 9.17) is 0 Å². The molecule has 1 heterocycles. The maximum Gasteiger partial charge on any atom is 0.438 e. The first-order valence-electron chi connectivity index (χ1n) is 6.56. The average Bonchev–Trinajstić information content (AvgIpc) is 2.41. The smallest absolute Gasteiger partial charge is 0.438 e. The number of rotatable bonds is 1. The highest BCUT2D eigenvalue weighted by atomic mass is 19.4. The summed E-state index contributed by atoms with van der Waals surface area (Å²) >= 11 is 0. The fourth-order valence-corrected chi connectivity index (χ4v) is 2.09. The lowest BCUT2D eigenvalue weighted by molar-refractivity contribution is -0.470. The molecular formula is C14H11F5N2O3. The van der Waals surface area contributed by atoms with E-state index in [9.17, 15) is 36.9 Å². The zero-order valence-corrected chi connectivity index (χ0v) is 12.7. The number of nitrogens with zero attached hydrogens (tertiary/aromatic N) is 2. The van der Waals surface area contributed by atoms with E-state index in [1.54, 1.807) is 0 Å². The van der Waals surface area contributed by atoms with Gasteiger partial charge in [0.15, 0.2) is 11.6 Å². The van der Waals surface area contributed by atoms with Crippen molar-refractivity contribution in [2.75, 3.05) is 0 Å². The summed E-state index contributed by atoms with van der Waals surface area (Å²) < 4.78 is 65.1. The number of ketones is 1. The van der Waals surface area contributed by atoms with Gasteiger partial charge in [-0.3, -0.25) is 4.79 Å². The van der Waals surface area contributed by atoms with Crippen LogP contribution >= 0.6 is 0 Å². The van der Waals surface area contributed by atoms with Gasteiger partial charge < -0.3 is 9.94 Å². The summed E-state index contributed by atoms with van der Waals surface area (Å²) in [6, 6.07) is 0.443. The van der Waals surface area contributed by atoms with Crippen molar-refractivity contribution >= 4 is 16.8 Å². The number of fused-ring (bicyclic) bond motifs is 1. The van der Waals surface area contributed by atoms with Crippen molar-refractivity contribution in [3.63, 3.8) is 0 Å². The van der Waals surface area contributed by atoms with E-state index in [2.05, 4.69) is 0 Å². The Labute approximate surface area is 131 Å². The molecule has 0 saturated carbocycles. The molecule has 10 heteroatoms. The minimum absolute atomic E-state index is 0.173. The molecule has 5 nitrogen and oxygen atoms in total. The first-order valence-corrected chi connectivity index (χ1v) is 6.56. The van der Waals surface area contributed by atoms with Gasteiger partial charge in [0.05, 0.1) is 10.5 Å². The largest absolute Gasteiger partial charge is 0.805 e. The van der Waals surface area contributed by atoms with Crippen LogP contribution in [0.15, 0.2) is 12.1 Å². The molecule has 0 spiro atoms. The Bertz CT molecular complexity index is 910. The Kier molecular flexibility index (Phi) is 3.90. The van der Waals surface area contributed by atoms with Gasteiger partial charge in [0.25, 0.3) is 5.52 Å². The monoisotopic (exact) mass is 350 g/mol. The molecule has 0 aliphatic carbocycles. The van der Waals surface area contributed by atoms with Crippen LogP contribution in [0.2, 0.25) is 0 Å². The number of carbonyl (C=O) groups excluding carboxylic acids is 1. The summed E-state index contributed by atoms with van der Waals surface area (Å²) in [7, 11) is 0. The van der Waals surface area contributed by atoms with E-state index in [-0.39, 0.29) is 12.1 Å². The van der Waals surface area contributed by atoms with E-state index in [0.717, 1.165) is 0 Å². The summed E-state index contributed by atoms with van der Waals surface area (Å²) in [6.07, 6.45) is -5.36. The Balaban J connectivity index is 3.11. The molecule has 0 bridgehead atoms. The molecule has 1 aromatic carbocycles. The van der Waals surface area contributed by atoms with E-state index >= 15 is 0 Å². The van der Waals surface area contributed by atoms with Gasteiger partial charge in [-0.15, -0.1) is 0 Å². The first kappa shape index (κ1) is 17.8. The Morgan fingerprint density at radius 2 is 1.62 bits per heavy atom. The molecule has 0 unspecified atom stereocenters. The van der Waals surface area contributed by atoms with Crippen LogP contribution in [0.3, 0.4) is 0 Å². The number of carbonyl (C=O) groups is 1. The second-order valence-corrected chi connectivity index (χ2v) is 6.12. The maximum atomic E-state index is 13.3. The van der Waals surface area contributed by atoms with Gasteiger partial charge in [-0.2, -0.15) is 13.2 Å². The van der Waals surface area contributed by atoms with Gasteiger partial charge in [0.1, 0.15) is 5.52 Å². The van der Waals surface area contributed by atoms with Crippen molar-refractivity contribution in [1.29, 1.82) is 0 Å². The number of benzene rings is 1. The number of aromatic nitrogens is 2. The lowest BCUT2D eigenvalue weighted by Gasteiger charge is -2.22. The maximum absolute atomic E-state index is 13.3. The number of Topliss-reactive ketones (excluding diaryl/α,β-unsaturated/α-hetero) is 1. The number of alkyl halides is 3. The third kappa shape index (κ3) is 2.72. The fraction of sp³-hybridized carbons (Fsp3) is 0.357. The van der Waals surface area contributed by atoms with Crippen LogP contribution < -0.4 is 4.43 Å². The Hall–Kier alpha value is -2.52. The summed E-state index contributed by atoms with van der Waals surface area (Å²) in [6.45, 7) is 3.75. The van der Waals surface area contributed by atoms with Gasteiger partial charge >= 0.3 is 11.9 Å². The van der Waals surface area contributed by atoms with Gasteiger partial charge in [-0.25, -0.2) is 8.78 Å². The van der Waals surface area contributed by atoms with E-state index in [1.165, 1.54) is 20.8 Å². The Morgan fingerprint density at radius 1 is 1.12 bits per heavy atom. The van der Waals surface area contributed by atoms with Crippen LogP contribution in [0.4, 0.5) is 22.0 Å². The fourth-order valence-electron chi connectivity index (χ4n) is 2.09. The van der Waals surface area contributed by atoms with Gasteiger partial charge in [-0.1, -0.05) is 20.8 Å². The van der Waals surface area contributed by atoms with Crippen LogP contribution in [0, 0.1) is 27.2 Å². The predicted octanol–water partition coefficient (Wildman–Crippen LogP) is 3.43. The normalized spacial score (nSPS) is 12.7. The summed E-state index contributed by atoms with van der Waals surface area (Å²) in [5, 5.41) is 12.0. The molecule has 0 aliphatic rings. The van der Waals surface area contributed by atoms with Gasteiger partial charge in [0.2, 0.25) is 11.5 Å². The van der Waals surface area contributed by atoms with Crippen LogP contribution in [0.25, 0.3) is 11.0 Å². The summed E-state index contributed by atoms with van der Waals surface area (Å²) in [4.78, 5) is 24.5. The van der Waals surface area contributed by atoms with E-state index in [1.807, 2.05) is 0 Å². The quantitative estimate of drug-likeness (QED) is 0.450. The number of halogens is 5. The SMILES string of the molecule is CC(C)(C)C(=O)c1c(C(F)(F)F)n([O-])c2cc(F)c(F)cc2[n+]1=O. The minimum atomic E-state index is -5.36. The third-order valence-corrected chi connectivity index (χ3v) is 3.25. The summed E-state index contributed by atoms with van der Waals surface area (Å²) in [5.74, 6) is -4.41. The Morgan fingerprint density at radius 3 is 2.08 bits per heavy atom. The van der Waals surface area contributed by atoms with Crippen LogP contribution in [0.1, 0.15) is 37.0 Å². The third-order valence-electron chi connectivity index (χ3n) is 3.25. The lowest BCUT2D eigenvalue weighted by Crippen LogP contribution is -2.38. The molecule has 24 heavy (non-hydrogen) atoms. The van der Waals surface area contributed by atoms with Crippen molar-refractivity contribution in [3.8, 4) is 0 Å². The molecule has 0 saturated heterocycles. The van der Waals surface area contributed by atoms with Crippen LogP contribution in [-0.4, -0.2) is 10.5 Å². The molecule has 1 aromatic heterocycles. The van der Waals surface area contributed by atoms with Gasteiger partial charge in [0, 0.05) is 16.4 Å². The molecule has 0 radical (unpaired) electrons. The highest BCUT2D eigenvalue weighted by Crippen LogP contribution is 2.35. The first-order chi connectivity index (χ1) is 10.8. The molecule has 0 atom stereocenters. The second-order valence-electron chi connectivity index (χ2n) is 6.12. The molecule has 2 aromatic rings. The molecule has 130 valence electrons. The van der Waals surface area contributed by atoms with Crippen molar-refractivity contribution < 1.29 is 31.2 Å². The van der Waals surface area contributed by atoms with Crippen molar-refractivity contribution in [1.82, 2.24) is 4.73 Å². The number of hydrogen-bond acceptors (Lipinski definition) is 3. The second kappa shape index (κ2) is 5.25. The molecule has 0 aliphatic heterocycles. The predicted molar refractivity (Wildman–Crippen MR) is 72.8 cm³/mol. The highest BCUT2D eigenvalue weighted by Gasteiger charge is 2.47. The topological polar surface area (TPSA) is 68.0 Å².